The number of ether oxygens (including phenoxy) is 3. The van der Waals surface area contributed by atoms with Crippen molar-refractivity contribution in [1.29, 1.82) is 0 Å². The van der Waals surface area contributed by atoms with Crippen molar-refractivity contribution < 1.29 is 28.9 Å². The number of hydrogen-bond acceptors (Lipinski definition) is 6. The summed E-state index contributed by atoms with van der Waals surface area (Å²) < 4.78 is 15.5. The lowest BCUT2D eigenvalue weighted by Gasteiger charge is -2.27. The van der Waals surface area contributed by atoms with Crippen LogP contribution in [-0.4, -0.2) is 49.1 Å². The van der Waals surface area contributed by atoms with Gasteiger partial charge < -0.3 is 24.6 Å². The molecule has 0 spiro atoms. The summed E-state index contributed by atoms with van der Waals surface area (Å²) in [6.07, 6.45) is -0.496. The zero-order chi connectivity index (χ0) is 20.4. The van der Waals surface area contributed by atoms with Gasteiger partial charge in [0.25, 0.3) is 0 Å². The number of aliphatic hydroxyl groups is 1. The molecule has 0 saturated heterocycles. The average molecular weight is 381 g/mol. The molecule has 0 fully saturated rings. The molecule has 1 unspecified atom stereocenters. The summed E-state index contributed by atoms with van der Waals surface area (Å²) in [7, 11) is 1.34. The van der Waals surface area contributed by atoms with Crippen LogP contribution in [0.5, 0.6) is 5.75 Å². The molecule has 27 heavy (non-hydrogen) atoms. The van der Waals surface area contributed by atoms with E-state index >= 15 is 0 Å². The molecule has 0 saturated carbocycles. The maximum atomic E-state index is 11.8. The zero-order valence-electron chi connectivity index (χ0n) is 16.8. The third-order valence-electron chi connectivity index (χ3n) is 3.69. The molecule has 1 aromatic rings. The summed E-state index contributed by atoms with van der Waals surface area (Å²) in [6, 6.07) is 6.93. The highest BCUT2D eigenvalue weighted by atomic mass is 16.6. The predicted octanol–water partition coefficient (Wildman–Crippen LogP) is 2.69. The van der Waals surface area contributed by atoms with E-state index in [-0.39, 0.29) is 25.5 Å². The minimum atomic E-state index is -0.875. The van der Waals surface area contributed by atoms with Crippen molar-refractivity contribution >= 4 is 12.1 Å². The number of amides is 1. The Labute approximate surface area is 161 Å². The Morgan fingerprint density at radius 1 is 1.19 bits per heavy atom. The first kappa shape index (κ1) is 22.8. The van der Waals surface area contributed by atoms with Gasteiger partial charge in [0, 0.05) is 0 Å². The van der Waals surface area contributed by atoms with Crippen LogP contribution in [0.25, 0.3) is 0 Å². The van der Waals surface area contributed by atoms with E-state index in [1.165, 1.54) is 7.11 Å². The molecule has 152 valence electrons. The van der Waals surface area contributed by atoms with E-state index in [4.69, 9.17) is 9.47 Å². The van der Waals surface area contributed by atoms with Gasteiger partial charge in [0.2, 0.25) is 0 Å². The number of aliphatic hydroxyl groups excluding tert-OH is 1. The van der Waals surface area contributed by atoms with E-state index in [9.17, 15) is 14.7 Å². The maximum Gasteiger partial charge on any atom is 0.407 e. The largest absolute Gasteiger partial charge is 0.491 e. The van der Waals surface area contributed by atoms with Crippen LogP contribution in [0.4, 0.5) is 4.79 Å². The Bertz CT molecular complexity index is 597. The number of hydrogen-bond donors (Lipinski definition) is 2. The smallest absolute Gasteiger partial charge is 0.407 e. The average Bonchev–Trinajstić information content (AvgIpc) is 2.57. The molecule has 1 rings (SSSR count). The predicted molar refractivity (Wildman–Crippen MR) is 102 cm³/mol. The first-order chi connectivity index (χ1) is 12.6. The van der Waals surface area contributed by atoms with Crippen molar-refractivity contribution in [2.24, 2.45) is 5.92 Å². The molecular formula is C20H31NO6. The molecule has 0 bridgehead atoms. The van der Waals surface area contributed by atoms with Crippen LogP contribution < -0.4 is 10.1 Å². The fourth-order valence-corrected chi connectivity index (χ4v) is 2.71. The summed E-state index contributed by atoms with van der Waals surface area (Å²) in [6.45, 7) is 7.88. The van der Waals surface area contributed by atoms with Gasteiger partial charge in [0.05, 0.1) is 20.1 Å². The second-order valence-electron chi connectivity index (χ2n) is 7.49. The monoisotopic (exact) mass is 381 g/mol. The normalized spacial score (nSPS) is 12.4. The fraction of sp³-hybridized carbons (Fsp3) is 0.600. The lowest BCUT2D eigenvalue weighted by Crippen LogP contribution is -2.40. The molecule has 1 amide bonds. The molecule has 7 heteroatoms. The Balaban J connectivity index is 2.33. The Hall–Kier alpha value is -2.28. The van der Waals surface area contributed by atoms with Crippen LogP contribution in [0.3, 0.4) is 0 Å². The van der Waals surface area contributed by atoms with Crippen LogP contribution in [0.2, 0.25) is 0 Å². The second-order valence-corrected chi connectivity index (χ2v) is 7.49. The van der Waals surface area contributed by atoms with Gasteiger partial charge in [-0.15, -0.1) is 0 Å². The molecule has 0 aliphatic carbocycles. The van der Waals surface area contributed by atoms with Crippen LogP contribution >= 0.6 is 0 Å². The number of benzene rings is 1. The van der Waals surface area contributed by atoms with Gasteiger partial charge in [-0.25, -0.2) is 4.79 Å². The molecule has 2 N–H and O–H groups in total. The minimum absolute atomic E-state index is 0.0199. The molecule has 0 aromatic heterocycles. The van der Waals surface area contributed by atoms with Crippen LogP contribution in [-0.2, 0) is 20.7 Å². The van der Waals surface area contributed by atoms with Gasteiger partial charge in [0.1, 0.15) is 24.1 Å². The van der Waals surface area contributed by atoms with Crippen LogP contribution in [0.1, 0.15) is 39.7 Å². The van der Waals surface area contributed by atoms with E-state index < -0.39 is 17.8 Å². The number of carbonyl (C=O) groups excluding carboxylic acids is 2. The standard InChI is InChI=1S/C20H31NO6/c1-14(2)11-20(3,4)27-19(24)21-12-16(22)13-26-17-8-6-15(7-9-17)10-18(23)25-5/h6-9,14,16,22H,10-13H2,1-5H3,(H,21,24). The SMILES string of the molecule is COC(=O)Cc1ccc(OCC(O)CNC(=O)OC(C)(C)CC(C)C)cc1. The second kappa shape index (κ2) is 10.8. The van der Waals surface area contributed by atoms with Crippen molar-refractivity contribution in [3.63, 3.8) is 0 Å². The number of carbonyl (C=O) groups is 2. The highest BCUT2D eigenvalue weighted by molar-refractivity contribution is 5.72. The molecule has 0 aliphatic rings. The van der Waals surface area contributed by atoms with E-state index in [1.807, 2.05) is 13.8 Å². The topological polar surface area (TPSA) is 94.1 Å². The molecule has 1 atom stereocenters. The summed E-state index contributed by atoms with van der Waals surface area (Å²) in [5.74, 6) is 0.655. The number of nitrogens with one attached hydrogen (secondary N) is 1. The van der Waals surface area contributed by atoms with Gasteiger partial charge >= 0.3 is 12.1 Å². The van der Waals surface area contributed by atoms with E-state index in [0.717, 1.165) is 12.0 Å². The molecule has 0 heterocycles. The van der Waals surface area contributed by atoms with Crippen LogP contribution in [0, 0.1) is 5.92 Å². The lowest BCUT2D eigenvalue weighted by atomic mass is 9.96. The molecule has 7 nitrogen and oxygen atoms in total. The number of methoxy groups -OCH3 is 1. The van der Waals surface area contributed by atoms with Crippen molar-refractivity contribution in [2.45, 2.75) is 52.2 Å². The maximum absolute atomic E-state index is 11.8. The Kier molecular flexibility index (Phi) is 9.08. The minimum Gasteiger partial charge on any atom is -0.491 e. The highest BCUT2D eigenvalue weighted by Gasteiger charge is 2.24. The number of alkyl carbamates (subject to hydrolysis) is 1. The lowest BCUT2D eigenvalue weighted by molar-refractivity contribution is -0.139. The number of esters is 1. The number of rotatable bonds is 10. The third kappa shape index (κ3) is 9.84. The van der Waals surface area contributed by atoms with E-state index in [1.54, 1.807) is 24.3 Å². The summed E-state index contributed by atoms with van der Waals surface area (Å²) >= 11 is 0. The Morgan fingerprint density at radius 2 is 1.81 bits per heavy atom. The van der Waals surface area contributed by atoms with Gasteiger partial charge in [0.15, 0.2) is 0 Å². The highest BCUT2D eigenvalue weighted by Crippen LogP contribution is 2.20. The molecular weight excluding hydrogens is 350 g/mol. The van der Waals surface area contributed by atoms with Gasteiger partial charge in [-0.2, -0.15) is 0 Å². The first-order valence-electron chi connectivity index (χ1n) is 9.04. The molecule has 0 radical (unpaired) electrons. The van der Waals surface area contributed by atoms with Gasteiger partial charge in [-0.1, -0.05) is 26.0 Å². The Morgan fingerprint density at radius 3 is 2.37 bits per heavy atom. The van der Waals surface area contributed by atoms with E-state index in [2.05, 4.69) is 23.9 Å². The summed E-state index contributed by atoms with van der Waals surface area (Å²) in [5.41, 5.74) is 0.245. The van der Waals surface area contributed by atoms with Crippen molar-refractivity contribution in [3.8, 4) is 5.75 Å². The third-order valence-corrected chi connectivity index (χ3v) is 3.69. The molecule has 0 aliphatic heterocycles. The van der Waals surface area contributed by atoms with E-state index in [0.29, 0.717) is 11.7 Å². The summed E-state index contributed by atoms with van der Waals surface area (Å²) in [4.78, 5) is 23.1. The van der Waals surface area contributed by atoms with Gasteiger partial charge in [-0.05, 0) is 43.9 Å². The summed E-state index contributed by atoms with van der Waals surface area (Å²) in [5, 5.41) is 12.5. The van der Waals surface area contributed by atoms with Gasteiger partial charge in [-0.3, -0.25) is 4.79 Å². The molecule has 1 aromatic carbocycles. The quantitative estimate of drug-likeness (QED) is 0.605. The van der Waals surface area contributed by atoms with Crippen molar-refractivity contribution in [1.82, 2.24) is 5.32 Å². The zero-order valence-corrected chi connectivity index (χ0v) is 16.8. The van der Waals surface area contributed by atoms with Crippen molar-refractivity contribution in [3.05, 3.63) is 29.8 Å². The fourth-order valence-electron chi connectivity index (χ4n) is 2.71. The van der Waals surface area contributed by atoms with Crippen LogP contribution in [0.15, 0.2) is 24.3 Å². The van der Waals surface area contributed by atoms with Crippen molar-refractivity contribution in [2.75, 3.05) is 20.3 Å². The first-order valence-corrected chi connectivity index (χ1v) is 9.04.